The average molecular weight is 139 g/mol. The highest BCUT2D eigenvalue weighted by Gasteiger charge is 2.18. The van der Waals surface area contributed by atoms with E-state index in [9.17, 15) is 4.79 Å². The third kappa shape index (κ3) is 1.45. The smallest absolute Gasteiger partial charge is 0.166 e. The molecule has 0 aliphatic heterocycles. The van der Waals surface area contributed by atoms with E-state index in [1.54, 1.807) is 0 Å². The Kier molecular flexibility index (Phi) is 2.22. The summed E-state index contributed by atoms with van der Waals surface area (Å²) in [5.74, 6) is -0.0998. The molecular formula is C8H11O2. The Balaban J connectivity index is 2.65. The molecule has 0 aromatic carbocycles. The van der Waals surface area contributed by atoms with Crippen LogP contribution in [0.5, 0.6) is 0 Å². The second-order valence-corrected chi connectivity index (χ2v) is 2.47. The Morgan fingerprint density at radius 3 is 2.90 bits per heavy atom. The molecule has 0 spiro atoms. The van der Waals surface area contributed by atoms with Crippen molar-refractivity contribution in [1.82, 2.24) is 0 Å². The molecule has 1 atom stereocenters. The highest BCUT2D eigenvalue weighted by Crippen LogP contribution is 2.16. The lowest BCUT2D eigenvalue weighted by Crippen LogP contribution is -2.22. The van der Waals surface area contributed by atoms with Gasteiger partial charge in [0.1, 0.15) is 6.10 Å². The van der Waals surface area contributed by atoms with Crippen molar-refractivity contribution in [2.24, 2.45) is 0 Å². The number of hydrogen-bond donors (Lipinski definition) is 1. The van der Waals surface area contributed by atoms with Crippen LogP contribution in [0.3, 0.4) is 0 Å². The molecule has 0 saturated carbocycles. The molecule has 0 aromatic rings. The summed E-state index contributed by atoms with van der Waals surface area (Å²) in [6, 6.07) is 0. The normalized spacial score (nSPS) is 26.4. The number of Topliss-reactive ketones (excluding diaryl/α,β-unsaturated/α-hetero) is 1. The number of carbonyl (C=O) groups is 1. The molecule has 1 unspecified atom stereocenters. The minimum Gasteiger partial charge on any atom is -0.381 e. The van der Waals surface area contributed by atoms with Crippen LogP contribution in [-0.2, 0) is 4.79 Å². The van der Waals surface area contributed by atoms with Gasteiger partial charge >= 0.3 is 0 Å². The predicted molar refractivity (Wildman–Crippen MR) is 37.3 cm³/mol. The number of carbonyl (C=O) groups excluding carboxylic acids is 1. The number of allylic oxidation sites excluding steroid dienone is 1. The summed E-state index contributed by atoms with van der Waals surface area (Å²) in [5.41, 5.74) is 1.08. The van der Waals surface area contributed by atoms with Crippen molar-refractivity contribution in [2.45, 2.75) is 32.3 Å². The van der Waals surface area contributed by atoms with Crippen molar-refractivity contribution < 1.29 is 9.90 Å². The Hall–Kier alpha value is -0.630. The zero-order valence-corrected chi connectivity index (χ0v) is 6.05. The SMILES string of the molecule is CCC1=[C]C(O)C(=O)CC1. The molecule has 1 N–H and O–H groups in total. The van der Waals surface area contributed by atoms with Crippen LogP contribution in [0.25, 0.3) is 0 Å². The maximum absolute atomic E-state index is 10.7. The monoisotopic (exact) mass is 139 g/mol. The molecule has 0 bridgehead atoms. The third-order valence-corrected chi connectivity index (χ3v) is 1.75. The summed E-state index contributed by atoms with van der Waals surface area (Å²) < 4.78 is 0. The fraction of sp³-hybridized carbons (Fsp3) is 0.625. The van der Waals surface area contributed by atoms with Gasteiger partial charge in [0.25, 0.3) is 0 Å². The number of aliphatic hydroxyl groups excluding tert-OH is 1. The lowest BCUT2D eigenvalue weighted by atomic mass is 9.95. The summed E-state index contributed by atoms with van der Waals surface area (Å²) >= 11 is 0. The van der Waals surface area contributed by atoms with E-state index >= 15 is 0 Å². The number of aliphatic hydroxyl groups is 1. The first-order chi connectivity index (χ1) is 4.74. The fourth-order valence-corrected chi connectivity index (χ4v) is 1.04. The van der Waals surface area contributed by atoms with Gasteiger partial charge in [-0.1, -0.05) is 12.5 Å². The zero-order valence-electron chi connectivity index (χ0n) is 6.05. The fourth-order valence-electron chi connectivity index (χ4n) is 1.04. The molecule has 0 saturated heterocycles. The van der Waals surface area contributed by atoms with Crippen molar-refractivity contribution in [2.75, 3.05) is 0 Å². The van der Waals surface area contributed by atoms with Gasteiger partial charge < -0.3 is 5.11 Å². The molecule has 55 valence electrons. The zero-order chi connectivity index (χ0) is 7.56. The van der Waals surface area contributed by atoms with Gasteiger partial charge in [-0.15, -0.1) is 0 Å². The molecule has 2 heteroatoms. The van der Waals surface area contributed by atoms with E-state index in [0.29, 0.717) is 6.42 Å². The quantitative estimate of drug-likeness (QED) is 0.584. The van der Waals surface area contributed by atoms with Gasteiger partial charge in [-0.25, -0.2) is 0 Å². The van der Waals surface area contributed by atoms with Gasteiger partial charge in [0, 0.05) is 6.42 Å². The summed E-state index contributed by atoms with van der Waals surface area (Å²) in [6.07, 6.45) is 3.96. The molecule has 1 rings (SSSR count). The molecule has 0 fully saturated rings. The van der Waals surface area contributed by atoms with Crippen molar-refractivity contribution >= 4 is 5.78 Å². The van der Waals surface area contributed by atoms with E-state index in [0.717, 1.165) is 18.4 Å². The lowest BCUT2D eigenvalue weighted by Gasteiger charge is -2.13. The van der Waals surface area contributed by atoms with Crippen LogP contribution in [-0.4, -0.2) is 17.0 Å². The van der Waals surface area contributed by atoms with Crippen LogP contribution < -0.4 is 0 Å². The number of hydrogen-bond acceptors (Lipinski definition) is 2. The molecule has 0 aromatic heterocycles. The van der Waals surface area contributed by atoms with Crippen LogP contribution in [0.15, 0.2) is 5.57 Å². The highest BCUT2D eigenvalue weighted by molar-refractivity contribution is 5.85. The molecule has 1 aliphatic carbocycles. The maximum atomic E-state index is 10.7. The summed E-state index contributed by atoms with van der Waals surface area (Å²) in [4.78, 5) is 10.7. The molecule has 2 nitrogen and oxygen atoms in total. The topological polar surface area (TPSA) is 37.3 Å². The van der Waals surface area contributed by atoms with Gasteiger partial charge in [0.05, 0.1) is 0 Å². The maximum Gasteiger partial charge on any atom is 0.166 e. The Labute approximate surface area is 60.6 Å². The Bertz CT molecular complexity index is 170. The second kappa shape index (κ2) is 2.97. The van der Waals surface area contributed by atoms with E-state index < -0.39 is 6.10 Å². The average Bonchev–Trinajstić information content (AvgIpc) is 1.95. The molecule has 1 aliphatic rings. The molecule has 1 radical (unpaired) electrons. The number of ketones is 1. The lowest BCUT2D eigenvalue weighted by molar-refractivity contribution is -0.125. The second-order valence-electron chi connectivity index (χ2n) is 2.47. The summed E-state index contributed by atoms with van der Waals surface area (Å²) in [5, 5.41) is 9.00. The van der Waals surface area contributed by atoms with Crippen molar-refractivity contribution in [3.05, 3.63) is 11.6 Å². The molecule has 0 heterocycles. The number of rotatable bonds is 1. The van der Waals surface area contributed by atoms with Gasteiger partial charge in [-0.2, -0.15) is 0 Å². The first-order valence-electron chi connectivity index (χ1n) is 3.56. The van der Waals surface area contributed by atoms with Crippen molar-refractivity contribution in [3.63, 3.8) is 0 Å². The summed E-state index contributed by atoms with van der Waals surface area (Å²) in [7, 11) is 0. The van der Waals surface area contributed by atoms with Gasteiger partial charge in [0.2, 0.25) is 0 Å². The molecule has 0 amide bonds. The van der Waals surface area contributed by atoms with Crippen molar-refractivity contribution in [1.29, 1.82) is 0 Å². The van der Waals surface area contributed by atoms with E-state index in [2.05, 4.69) is 6.08 Å². The van der Waals surface area contributed by atoms with Crippen LogP contribution >= 0.6 is 0 Å². The van der Waals surface area contributed by atoms with Crippen LogP contribution in [0.4, 0.5) is 0 Å². The van der Waals surface area contributed by atoms with Crippen LogP contribution in [0, 0.1) is 6.08 Å². The van der Waals surface area contributed by atoms with Crippen LogP contribution in [0.2, 0.25) is 0 Å². The van der Waals surface area contributed by atoms with E-state index in [1.165, 1.54) is 0 Å². The van der Waals surface area contributed by atoms with Gasteiger partial charge in [-0.05, 0) is 18.9 Å². The first-order valence-corrected chi connectivity index (χ1v) is 3.56. The van der Waals surface area contributed by atoms with E-state index in [-0.39, 0.29) is 5.78 Å². The summed E-state index contributed by atoms with van der Waals surface area (Å²) in [6.45, 7) is 2.00. The highest BCUT2D eigenvalue weighted by atomic mass is 16.3. The van der Waals surface area contributed by atoms with Gasteiger partial charge in [-0.3, -0.25) is 4.79 Å². The molecular weight excluding hydrogens is 128 g/mol. The molecule has 10 heavy (non-hydrogen) atoms. The van der Waals surface area contributed by atoms with Crippen molar-refractivity contribution in [3.8, 4) is 0 Å². The van der Waals surface area contributed by atoms with E-state index in [1.807, 2.05) is 6.92 Å². The Morgan fingerprint density at radius 2 is 2.40 bits per heavy atom. The largest absolute Gasteiger partial charge is 0.381 e. The van der Waals surface area contributed by atoms with Gasteiger partial charge in [0.15, 0.2) is 5.78 Å². The van der Waals surface area contributed by atoms with E-state index in [4.69, 9.17) is 5.11 Å². The standard InChI is InChI=1S/C8H11O2/c1-2-6-3-4-7(9)8(10)5-6/h8,10H,2-4H2,1H3. The minimum absolute atomic E-state index is 0.0998. The third-order valence-electron chi connectivity index (χ3n) is 1.75. The minimum atomic E-state index is -0.941. The van der Waals surface area contributed by atoms with Crippen LogP contribution in [0.1, 0.15) is 26.2 Å². The first kappa shape index (κ1) is 7.48. The predicted octanol–water partition coefficient (Wildman–Crippen LogP) is 0.850. The Morgan fingerprint density at radius 1 is 1.70 bits per heavy atom.